The number of halogens is 1. The Bertz CT molecular complexity index is 1040. The Kier molecular flexibility index (Phi) is 4.60. The molecule has 0 fully saturated rings. The number of benzene rings is 2. The lowest BCUT2D eigenvalue weighted by Crippen LogP contribution is -2.25. The molecule has 0 spiro atoms. The molecule has 8 heteroatoms. The number of phenolic OH excluding ortho intramolecular Hbond substituents is 1. The first kappa shape index (κ1) is 18.2. The molecule has 0 saturated carbocycles. The van der Waals surface area contributed by atoms with Gasteiger partial charge in [-0.15, -0.1) is 0 Å². The van der Waals surface area contributed by atoms with Gasteiger partial charge in [-0.3, -0.25) is 9.36 Å². The van der Waals surface area contributed by atoms with Crippen LogP contribution in [-0.2, 0) is 4.79 Å². The molecular formula is C20H18ClN3O4. The molecule has 2 heterocycles. The molecular weight excluding hydrogens is 382 g/mol. The van der Waals surface area contributed by atoms with Crippen molar-refractivity contribution < 1.29 is 19.4 Å². The van der Waals surface area contributed by atoms with Gasteiger partial charge in [0, 0.05) is 23.0 Å². The van der Waals surface area contributed by atoms with Crippen LogP contribution in [0, 0.1) is 0 Å². The van der Waals surface area contributed by atoms with Gasteiger partial charge in [-0.05, 0) is 35.9 Å². The highest BCUT2D eigenvalue weighted by molar-refractivity contribution is 6.30. The van der Waals surface area contributed by atoms with E-state index in [0.717, 1.165) is 16.9 Å². The van der Waals surface area contributed by atoms with Gasteiger partial charge in [0.25, 0.3) is 0 Å². The van der Waals surface area contributed by atoms with E-state index in [2.05, 4.69) is 10.3 Å². The maximum atomic E-state index is 12.4. The first-order chi connectivity index (χ1) is 13.5. The normalized spacial score (nSPS) is 15.7. The number of carbonyl (C=O) groups is 1. The van der Waals surface area contributed by atoms with Crippen molar-refractivity contribution in [3.05, 3.63) is 59.0 Å². The molecule has 1 atom stereocenters. The Hall–Kier alpha value is -3.19. The predicted octanol–water partition coefficient (Wildman–Crippen LogP) is 3.72. The second-order valence-electron chi connectivity index (χ2n) is 6.41. The monoisotopic (exact) mass is 399 g/mol. The van der Waals surface area contributed by atoms with Crippen LogP contribution < -0.4 is 14.8 Å². The van der Waals surface area contributed by atoms with Crippen LogP contribution in [0.1, 0.15) is 23.6 Å². The minimum atomic E-state index is -0.312. The van der Waals surface area contributed by atoms with Gasteiger partial charge in [0.15, 0.2) is 11.5 Å². The fourth-order valence-corrected chi connectivity index (χ4v) is 3.60. The number of nitrogens with zero attached hydrogens (tertiary/aromatic N) is 2. The fraction of sp³-hybridized carbons (Fsp3) is 0.200. The zero-order valence-electron chi connectivity index (χ0n) is 15.3. The van der Waals surface area contributed by atoms with Gasteiger partial charge in [-0.25, -0.2) is 4.98 Å². The van der Waals surface area contributed by atoms with E-state index in [9.17, 15) is 9.90 Å². The van der Waals surface area contributed by atoms with E-state index < -0.39 is 0 Å². The molecule has 7 nitrogen and oxygen atoms in total. The first-order valence-corrected chi connectivity index (χ1v) is 8.97. The summed E-state index contributed by atoms with van der Waals surface area (Å²) in [6, 6.07) is 10.7. The van der Waals surface area contributed by atoms with Crippen LogP contribution in [0.5, 0.6) is 17.2 Å². The Morgan fingerprint density at radius 1 is 1.21 bits per heavy atom. The Labute approximate surface area is 166 Å². The number of ether oxygens (including phenoxy) is 2. The smallest absolute Gasteiger partial charge is 0.226 e. The minimum Gasteiger partial charge on any atom is -0.502 e. The van der Waals surface area contributed by atoms with Crippen molar-refractivity contribution in [2.24, 2.45) is 0 Å². The van der Waals surface area contributed by atoms with Crippen LogP contribution >= 0.6 is 11.6 Å². The number of aromatic nitrogens is 2. The molecule has 144 valence electrons. The van der Waals surface area contributed by atoms with Crippen LogP contribution in [0.3, 0.4) is 0 Å². The molecule has 0 aliphatic carbocycles. The molecule has 0 bridgehead atoms. The third kappa shape index (κ3) is 3.03. The lowest BCUT2D eigenvalue weighted by atomic mass is 9.89. The molecule has 1 amide bonds. The zero-order valence-corrected chi connectivity index (χ0v) is 16.0. The van der Waals surface area contributed by atoms with Gasteiger partial charge >= 0.3 is 0 Å². The Balaban J connectivity index is 1.84. The molecule has 3 aromatic rings. The van der Waals surface area contributed by atoms with Gasteiger partial charge in [0.2, 0.25) is 11.7 Å². The molecule has 2 aromatic carbocycles. The molecule has 0 radical (unpaired) electrons. The van der Waals surface area contributed by atoms with E-state index in [1.54, 1.807) is 35.2 Å². The summed E-state index contributed by atoms with van der Waals surface area (Å²) < 4.78 is 12.3. The van der Waals surface area contributed by atoms with Gasteiger partial charge in [0.1, 0.15) is 12.1 Å². The number of anilines is 1. The largest absolute Gasteiger partial charge is 0.502 e. The van der Waals surface area contributed by atoms with Gasteiger partial charge in [-0.2, -0.15) is 0 Å². The van der Waals surface area contributed by atoms with Crippen molar-refractivity contribution in [2.75, 3.05) is 19.5 Å². The van der Waals surface area contributed by atoms with E-state index in [0.29, 0.717) is 10.8 Å². The van der Waals surface area contributed by atoms with Crippen molar-refractivity contribution in [1.29, 1.82) is 0 Å². The second kappa shape index (κ2) is 7.09. The number of methoxy groups -OCH3 is 2. The average Bonchev–Trinajstić information content (AvgIpc) is 3.11. The Morgan fingerprint density at radius 3 is 2.57 bits per heavy atom. The molecule has 1 aliphatic heterocycles. The summed E-state index contributed by atoms with van der Waals surface area (Å²) in [4.78, 5) is 17.0. The summed E-state index contributed by atoms with van der Waals surface area (Å²) in [5.41, 5.74) is 2.27. The standard InChI is InChI=1S/C20H18ClN3O4/c1-27-15-6-11(7-16(28-2)19(15)26)14-9-17(25)23-20-18(14)22-10-24(20)13-5-3-4-12(21)8-13/h3-8,10,14,26H,9H2,1-2H3,(H,23,25). The lowest BCUT2D eigenvalue weighted by molar-refractivity contribution is -0.116. The highest BCUT2D eigenvalue weighted by Gasteiger charge is 2.32. The number of hydrogen-bond acceptors (Lipinski definition) is 5. The van der Waals surface area contributed by atoms with Crippen LogP contribution in [0.15, 0.2) is 42.7 Å². The summed E-state index contributed by atoms with van der Waals surface area (Å²) in [7, 11) is 2.93. The fourth-order valence-electron chi connectivity index (χ4n) is 3.42. The van der Waals surface area contributed by atoms with E-state index in [1.807, 2.05) is 12.1 Å². The predicted molar refractivity (Wildman–Crippen MR) is 105 cm³/mol. The summed E-state index contributed by atoms with van der Waals surface area (Å²) in [5, 5.41) is 13.7. The maximum Gasteiger partial charge on any atom is 0.226 e. The summed E-state index contributed by atoms with van der Waals surface area (Å²) >= 11 is 6.11. The van der Waals surface area contributed by atoms with Crippen LogP contribution in [-0.4, -0.2) is 34.8 Å². The number of imidazole rings is 1. The van der Waals surface area contributed by atoms with Crippen molar-refractivity contribution in [2.45, 2.75) is 12.3 Å². The van der Waals surface area contributed by atoms with Gasteiger partial charge < -0.3 is 19.9 Å². The summed E-state index contributed by atoms with van der Waals surface area (Å²) in [5.74, 6) is 0.611. The number of hydrogen-bond donors (Lipinski definition) is 2. The van der Waals surface area contributed by atoms with E-state index in [-0.39, 0.29) is 35.5 Å². The summed E-state index contributed by atoms with van der Waals surface area (Å²) in [6.45, 7) is 0. The second-order valence-corrected chi connectivity index (χ2v) is 6.84. The topological polar surface area (TPSA) is 85.6 Å². The van der Waals surface area contributed by atoms with Crippen molar-refractivity contribution >= 4 is 23.3 Å². The molecule has 1 aliphatic rings. The quantitative estimate of drug-likeness (QED) is 0.698. The van der Waals surface area contributed by atoms with E-state index in [1.165, 1.54) is 14.2 Å². The third-order valence-electron chi connectivity index (χ3n) is 4.76. The molecule has 0 saturated heterocycles. The van der Waals surface area contributed by atoms with E-state index in [4.69, 9.17) is 21.1 Å². The van der Waals surface area contributed by atoms with Crippen molar-refractivity contribution in [3.63, 3.8) is 0 Å². The van der Waals surface area contributed by atoms with E-state index >= 15 is 0 Å². The molecule has 2 N–H and O–H groups in total. The number of phenols is 1. The average molecular weight is 400 g/mol. The molecule has 1 unspecified atom stereocenters. The third-order valence-corrected chi connectivity index (χ3v) is 5.00. The minimum absolute atomic E-state index is 0.0845. The number of fused-ring (bicyclic) bond motifs is 1. The summed E-state index contributed by atoms with van der Waals surface area (Å²) in [6.07, 6.45) is 1.88. The highest BCUT2D eigenvalue weighted by atomic mass is 35.5. The van der Waals surface area contributed by atoms with Gasteiger partial charge in [-0.1, -0.05) is 17.7 Å². The van der Waals surface area contributed by atoms with Crippen LogP contribution in [0.2, 0.25) is 5.02 Å². The maximum absolute atomic E-state index is 12.4. The SMILES string of the molecule is COc1cc(C2CC(=O)Nc3c2ncn3-c2cccc(Cl)c2)cc(OC)c1O. The number of aromatic hydroxyl groups is 1. The number of rotatable bonds is 4. The van der Waals surface area contributed by atoms with Crippen molar-refractivity contribution in [3.8, 4) is 22.9 Å². The van der Waals surface area contributed by atoms with Gasteiger partial charge in [0.05, 0.1) is 19.9 Å². The highest BCUT2D eigenvalue weighted by Crippen LogP contribution is 2.44. The van der Waals surface area contributed by atoms with Crippen LogP contribution in [0.4, 0.5) is 5.82 Å². The van der Waals surface area contributed by atoms with Crippen LogP contribution in [0.25, 0.3) is 5.69 Å². The number of nitrogens with one attached hydrogen (secondary N) is 1. The molecule has 1 aromatic heterocycles. The molecule has 28 heavy (non-hydrogen) atoms. The Morgan fingerprint density at radius 2 is 1.93 bits per heavy atom. The lowest BCUT2D eigenvalue weighted by Gasteiger charge is -2.24. The first-order valence-electron chi connectivity index (χ1n) is 8.59. The van der Waals surface area contributed by atoms with Crippen molar-refractivity contribution in [1.82, 2.24) is 9.55 Å². The molecule has 4 rings (SSSR count). The number of carbonyl (C=O) groups excluding carboxylic acids is 1. The zero-order chi connectivity index (χ0) is 19.8. The number of amides is 1.